The summed E-state index contributed by atoms with van der Waals surface area (Å²) in [5, 5.41) is 38.1. The molecule has 0 bridgehead atoms. The minimum atomic E-state index is -1.59. The van der Waals surface area contributed by atoms with E-state index in [1.807, 2.05) is 32.0 Å². The number of allylic oxidation sites excluding steroid dienone is 2. The molecule has 3 atom stereocenters. The number of fused-ring (bicyclic) bond motifs is 1. The average Bonchev–Trinajstić information content (AvgIpc) is 2.63. The molecule has 4 nitrogen and oxygen atoms in total. The summed E-state index contributed by atoms with van der Waals surface area (Å²) in [6.07, 6.45) is 4.78. The zero-order valence-corrected chi connectivity index (χ0v) is 14.5. The number of hydrogen-bond acceptors (Lipinski definition) is 4. The van der Waals surface area contributed by atoms with Gasteiger partial charge in [-0.25, -0.2) is 0 Å². The Morgan fingerprint density at radius 3 is 2.52 bits per heavy atom. The molecule has 2 aliphatic rings. The predicted octanol–water partition coefficient (Wildman–Crippen LogP) is 4.32. The first-order valence-electron chi connectivity index (χ1n) is 8.58. The van der Waals surface area contributed by atoms with Crippen LogP contribution in [0, 0.1) is 70.5 Å². The molecule has 1 aromatic carbocycles. The van der Waals surface area contributed by atoms with Crippen molar-refractivity contribution in [3.05, 3.63) is 46.5 Å². The molecule has 0 spiro atoms. The van der Waals surface area contributed by atoms with Crippen molar-refractivity contribution in [1.29, 1.82) is 21.2 Å². The molecule has 25 heavy (non-hydrogen) atoms. The summed E-state index contributed by atoms with van der Waals surface area (Å²) in [6.45, 7) is 3.98. The van der Waals surface area contributed by atoms with Crippen molar-refractivity contribution in [2.75, 3.05) is 0 Å². The number of hydrogen-bond donors (Lipinski definition) is 1. The van der Waals surface area contributed by atoms with Crippen LogP contribution < -0.4 is 0 Å². The number of rotatable bonds is 1. The third-order valence-corrected chi connectivity index (χ3v) is 5.69. The second kappa shape index (κ2) is 6.19. The lowest BCUT2D eigenvalue weighted by atomic mass is 9.53. The third-order valence-electron chi connectivity index (χ3n) is 5.69. The first kappa shape index (κ1) is 16.9. The van der Waals surface area contributed by atoms with E-state index in [-0.39, 0.29) is 11.6 Å². The lowest BCUT2D eigenvalue weighted by Crippen LogP contribution is -2.49. The van der Waals surface area contributed by atoms with E-state index in [2.05, 4.69) is 24.3 Å². The van der Waals surface area contributed by atoms with Gasteiger partial charge in [0.2, 0.25) is 0 Å². The highest BCUT2D eigenvalue weighted by atomic mass is 14.6. The molecule has 0 amide bonds. The highest BCUT2D eigenvalue weighted by Crippen LogP contribution is 2.55. The van der Waals surface area contributed by atoms with Crippen LogP contribution in [0.5, 0.6) is 0 Å². The molecule has 0 heterocycles. The van der Waals surface area contributed by atoms with Crippen molar-refractivity contribution in [1.82, 2.24) is 0 Å². The van der Waals surface area contributed by atoms with Crippen LogP contribution in [0.1, 0.15) is 41.9 Å². The van der Waals surface area contributed by atoms with Crippen molar-refractivity contribution >= 4 is 5.71 Å². The highest BCUT2D eigenvalue weighted by Gasteiger charge is 2.57. The summed E-state index contributed by atoms with van der Waals surface area (Å²) >= 11 is 0. The Bertz CT molecular complexity index is 874. The quantitative estimate of drug-likeness (QED) is 0.777. The first-order valence-corrected chi connectivity index (χ1v) is 8.58. The molecule has 1 aromatic rings. The van der Waals surface area contributed by atoms with E-state index in [9.17, 15) is 15.8 Å². The van der Waals surface area contributed by atoms with Gasteiger partial charge in [0.15, 0.2) is 5.41 Å². The molecule has 3 rings (SSSR count). The van der Waals surface area contributed by atoms with E-state index >= 15 is 0 Å². The van der Waals surface area contributed by atoms with Gasteiger partial charge in [-0.15, -0.1) is 0 Å². The van der Waals surface area contributed by atoms with Crippen molar-refractivity contribution < 1.29 is 0 Å². The molecule has 0 aromatic heterocycles. The van der Waals surface area contributed by atoms with Gasteiger partial charge in [-0.2, -0.15) is 15.8 Å². The van der Waals surface area contributed by atoms with Gasteiger partial charge in [0, 0.05) is 5.92 Å². The molecule has 1 N–H and O–H groups in total. The number of nitriles is 3. The second-order valence-electron chi connectivity index (χ2n) is 7.09. The first-order chi connectivity index (χ1) is 12.0. The average molecular weight is 328 g/mol. The van der Waals surface area contributed by atoms with Gasteiger partial charge < -0.3 is 5.41 Å². The van der Waals surface area contributed by atoms with Crippen LogP contribution in [0.15, 0.2) is 29.8 Å². The van der Waals surface area contributed by atoms with Crippen LogP contribution >= 0.6 is 0 Å². The third kappa shape index (κ3) is 2.36. The van der Waals surface area contributed by atoms with Gasteiger partial charge in [-0.1, -0.05) is 29.8 Å². The van der Waals surface area contributed by atoms with Gasteiger partial charge >= 0.3 is 0 Å². The molecular formula is C21H20N4. The maximum atomic E-state index is 9.97. The monoisotopic (exact) mass is 328 g/mol. The van der Waals surface area contributed by atoms with Crippen molar-refractivity contribution in [2.24, 2.45) is 17.3 Å². The Labute approximate surface area is 148 Å². The van der Waals surface area contributed by atoms with Crippen LogP contribution in [-0.4, -0.2) is 5.71 Å². The smallest absolute Gasteiger partial charge is 0.189 e. The summed E-state index contributed by atoms with van der Waals surface area (Å²) in [4.78, 5) is 0. The van der Waals surface area contributed by atoms with E-state index in [1.165, 1.54) is 0 Å². The van der Waals surface area contributed by atoms with Gasteiger partial charge in [-0.3, -0.25) is 0 Å². The van der Waals surface area contributed by atoms with Gasteiger partial charge in [-0.05, 0) is 55.7 Å². The SMILES string of the molecule is Cc1ccc(C)c([C@@H]2[C@H]3CCCC=C3[C@H](C#N)C(=N)C2(C#N)C#N)c1. The zero-order chi connectivity index (χ0) is 18.2. The fourth-order valence-electron chi connectivity index (χ4n) is 4.45. The number of aryl methyl sites for hydroxylation is 2. The Balaban J connectivity index is 2.31. The molecular weight excluding hydrogens is 308 g/mol. The van der Waals surface area contributed by atoms with Crippen molar-refractivity contribution in [3.8, 4) is 18.2 Å². The van der Waals surface area contributed by atoms with Crippen molar-refractivity contribution in [3.63, 3.8) is 0 Å². The molecule has 0 unspecified atom stereocenters. The normalized spacial score (nSPS) is 27.2. The maximum Gasteiger partial charge on any atom is 0.189 e. The molecule has 1 saturated carbocycles. The minimum absolute atomic E-state index is 0.0349. The summed E-state index contributed by atoms with van der Waals surface area (Å²) in [5.74, 6) is -1.19. The largest absolute Gasteiger partial charge is 0.305 e. The Morgan fingerprint density at radius 1 is 1.16 bits per heavy atom. The van der Waals surface area contributed by atoms with Crippen LogP contribution in [0.4, 0.5) is 0 Å². The van der Waals surface area contributed by atoms with Crippen LogP contribution in [-0.2, 0) is 0 Å². The standard InChI is InChI=1S/C21H20N4/c1-13-7-8-14(2)17(9-13)19-16-6-4-3-5-15(16)18(10-22)20(25)21(19,11-23)12-24/h5,7-9,16,18-19,25H,3-4,6H2,1-2H3/t16-,18-,19-/m0/s1. The molecule has 0 saturated heterocycles. The van der Waals surface area contributed by atoms with E-state index in [0.29, 0.717) is 0 Å². The van der Waals surface area contributed by atoms with E-state index in [4.69, 9.17) is 5.41 Å². The predicted molar refractivity (Wildman–Crippen MR) is 94.6 cm³/mol. The summed E-state index contributed by atoms with van der Waals surface area (Å²) in [5.41, 5.74) is 2.35. The van der Waals surface area contributed by atoms with E-state index < -0.39 is 17.3 Å². The van der Waals surface area contributed by atoms with E-state index in [1.54, 1.807) is 0 Å². The Hall–Kier alpha value is -2.90. The topological polar surface area (TPSA) is 95.2 Å². The molecule has 0 radical (unpaired) electrons. The van der Waals surface area contributed by atoms with E-state index in [0.717, 1.165) is 41.5 Å². The molecule has 1 fully saturated rings. The number of benzene rings is 1. The van der Waals surface area contributed by atoms with Gasteiger partial charge in [0.1, 0.15) is 5.92 Å². The second-order valence-corrected chi connectivity index (χ2v) is 7.09. The number of nitrogens with zero attached hydrogens (tertiary/aromatic N) is 3. The van der Waals surface area contributed by atoms with Crippen LogP contribution in [0.3, 0.4) is 0 Å². The summed E-state index contributed by atoms with van der Waals surface area (Å²) in [7, 11) is 0. The van der Waals surface area contributed by atoms with Crippen molar-refractivity contribution in [2.45, 2.75) is 39.0 Å². The maximum absolute atomic E-state index is 9.97. The number of nitrogens with one attached hydrogen (secondary N) is 1. The lowest BCUT2D eigenvalue weighted by Gasteiger charge is -2.46. The highest BCUT2D eigenvalue weighted by molar-refractivity contribution is 6.00. The van der Waals surface area contributed by atoms with Gasteiger partial charge in [0.05, 0.1) is 23.9 Å². The lowest BCUT2D eigenvalue weighted by molar-refractivity contribution is 0.319. The van der Waals surface area contributed by atoms with Crippen LogP contribution in [0.2, 0.25) is 0 Å². The Morgan fingerprint density at radius 2 is 1.88 bits per heavy atom. The van der Waals surface area contributed by atoms with Crippen LogP contribution in [0.25, 0.3) is 0 Å². The molecule has 4 heteroatoms. The fourth-order valence-corrected chi connectivity index (χ4v) is 4.45. The molecule has 124 valence electrons. The Kier molecular flexibility index (Phi) is 4.20. The summed E-state index contributed by atoms with van der Waals surface area (Å²) < 4.78 is 0. The fraction of sp³-hybridized carbons (Fsp3) is 0.429. The minimum Gasteiger partial charge on any atom is -0.305 e. The van der Waals surface area contributed by atoms with Gasteiger partial charge in [0.25, 0.3) is 0 Å². The summed E-state index contributed by atoms with van der Waals surface area (Å²) in [6, 6.07) is 12.5. The molecule has 2 aliphatic carbocycles. The zero-order valence-electron chi connectivity index (χ0n) is 14.5. The molecule has 0 aliphatic heterocycles.